The minimum atomic E-state index is 0.391. The quantitative estimate of drug-likeness (QED) is 0.803. The lowest BCUT2D eigenvalue weighted by Gasteiger charge is -2.41. The molecule has 1 fully saturated rings. The Morgan fingerprint density at radius 2 is 2.06 bits per heavy atom. The smallest absolute Gasteiger partial charge is 0.0726 e. The van der Waals surface area contributed by atoms with E-state index in [0.29, 0.717) is 11.5 Å². The number of nitrogens with zero attached hydrogens (tertiary/aromatic N) is 1. The Labute approximate surface area is 98.0 Å². The molecule has 0 radical (unpaired) electrons. The first-order valence-corrected chi connectivity index (χ1v) is 6.33. The molecular formula is C13H23N3. The monoisotopic (exact) mass is 221 g/mol. The Morgan fingerprint density at radius 3 is 2.69 bits per heavy atom. The van der Waals surface area contributed by atoms with Crippen molar-refractivity contribution in [2.75, 3.05) is 5.32 Å². The van der Waals surface area contributed by atoms with E-state index >= 15 is 0 Å². The van der Waals surface area contributed by atoms with E-state index in [1.54, 1.807) is 0 Å². The van der Waals surface area contributed by atoms with Crippen LogP contribution in [-0.4, -0.2) is 16.2 Å². The van der Waals surface area contributed by atoms with Crippen LogP contribution in [0.25, 0.3) is 0 Å². The number of aromatic nitrogens is 2. The molecule has 1 aliphatic carbocycles. The van der Waals surface area contributed by atoms with Crippen LogP contribution in [0, 0.1) is 11.3 Å². The summed E-state index contributed by atoms with van der Waals surface area (Å²) in [6, 6.07) is 0.603. The number of hydrogen-bond acceptors (Lipinski definition) is 2. The molecule has 0 aliphatic heterocycles. The van der Waals surface area contributed by atoms with Crippen LogP contribution in [0.3, 0.4) is 0 Å². The zero-order valence-corrected chi connectivity index (χ0v) is 10.6. The molecule has 1 aliphatic rings. The van der Waals surface area contributed by atoms with Crippen LogP contribution in [0.2, 0.25) is 0 Å². The first-order valence-electron chi connectivity index (χ1n) is 6.33. The fraction of sp³-hybridized carbons (Fsp3) is 0.769. The standard InChI is InChI=1S/C13H23N3/c1-13(2,3)11-6-4-5-7-12(11)16-10-8-14-15-9-10/h8-9,11-12,16H,4-7H2,1-3H3,(H,14,15). The molecule has 1 aromatic heterocycles. The predicted molar refractivity (Wildman–Crippen MR) is 67.4 cm³/mol. The van der Waals surface area contributed by atoms with Gasteiger partial charge in [-0.15, -0.1) is 0 Å². The van der Waals surface area contributed by atoms with E-state index in [2.05, 4.69) is 36.3 Å². The van der Waals surface area contributed by atoms with Crippen molar-refractivity contribution in [2.24, 2.45) is 11.3 Å². The van der Waals surface area contributed by atoms with E-state index in [9.17, 15) is 0 Å². The van der Waals surface area contributed by atoms with Crippen molar-refractivity contribution in [3.8, 4) is 0 Å². The van der Waals surface area contributed by atoms with Gasteiger partial charge in [-0.25, -0.2) is 0 Å². The van der Waals surface area contributed by atoms with Crippen molar-refractivity contribution in [3.63, 3.8) is 0 Å². The van der Waals surface area contributed by atoms with E-state index in [-0.39, 0.29) is 0 Å². The topological polar surface area (TPSA) is 40.7 Å². The van der Waals surface area contributed by atoms with E-state index < -0.39 is 0 Å². The third-order valence-electron chi connectivity index (χ3n) is 3.73. The van der Waals surface area contributed by atoms with Crippen molar-refractivity contribution in [3.05, 3.63) is 12.4 Å². The minimum Gasteiger partial charge on any atom is -0.379 e. The highest BCUT2D eigenvalue weighted by Crippen LogP contribution is 2.39. The van der Waals surface area contributed by atoms with Gasteiger partial charge in [-0.05, 0) is 24.2 Å². The van der Waals surface area contributed by atoms with Gasteiger partial charge in [0.15, 0.2) is 0 Å². The van der Waals surface area contributed by atoms with Crippen molar-refractivity contribution in [2.45, 2.75) is 52.5 Å². The molecular weight excluding hydrogens is 198 g/mol. The molecule has 0 aromatic carbocycles. The summed E-state index contributed by atoms with van der Waals surface area (Å²) < 4.78 is 0. The Morgan fingerprint density at radius 1 is 1.31 bits per heavy atom. The van der Waals surface area contributed by atoms with Crippen LogP contribution in [0.1, 0.15) is 46.5 Å². The van der Waals surface area contributed by atoms with Crippen molar-refractivity contribution in [1.82, 2.24) is 10.2 Å². The second-order valence-corrected chi connectivity index (χ2v) is 5.99. The highest BCUT2D eigenvalue weighted by atomic mass is 15.1. The summed E-state index contributed by atoms with van der Waals surface area (Å²) in [4.78, 5) is 0. The average Bonchev–Trinajstić information content (AvgIpc) is 2.70. The highest BCUT2D eigenvalue weighted by Gasteiger charge is 2.33. The first kappa shape index (κ1) is 11.5. The second kappa shape index (κ2) is 4.48. The summed E-state index contributed by atoms with van der Waals surface area (Å²) in [5.74, 6) is 0.760. The number of aromatic amines is 1. The number of hydrogen-bond donors (Lipinski definition) is 2. The molecule has 2 N–H and O–H groups in total. The zero-order valence-electron chi connectivity index (χ0n) is 10.6. The van der Waals surface area contributed by atoms with Gasteiger partial charge in [-0.3, -0.25) is 5.10 Å². The average molecular weight is 221 g/mol. The molecule has 2 atom stereocenters. The van der Waals surface area contributed by atoms with Gasteiger partial charge in [0, 0.05) is 12.2 Å². The lowest BCUT2D eigenvalue weighted by molar-refractivity contribution is 0.163. The molecule has 0 spiro atoms. The first-order chi connectivity index (χ1) is 7.57. The Kier molecular flexibility index (Phi) is 3.22. The van der Waals surface area contributed by atoms with Crippen LogP contribution in [-0.2, 0) is 0 Å². The fourth-order valence-corrected chi connectivity index (χ4v) is 2.88. The van der Waals surface area contributed by atoms with Gasteiger partial charge in [0.1, 0.15) is 0 Å². The summed E-state index contributed by atoms with van der Waals surface area (Å²) in [7, 11) is 0. The molecule has 3 heteroatoms. The Bertz CT molecular complexity index is 310. The van der Waals surface area contributed by atoms with Crippen LogP contribution >= 0.6 is 0 Å². The molecule has 0 saturated heterocycles. The van der Waals surface area contributed by atoms with Gasteiger partial charge in [-0.2, -0.15) is 5.10 Å². The molecule has 90 valence electrons. The molecule has 16 heavy (non-hydrogen) atoms. The maximum atomic E-state index is 3.99. The molecule has 0 bridgehead atoms. The zero-order chi connectivity index (χ0) is 11.6. The molecule has 2 rings (SSSR count). The number of nitrogens with one attached hydrogen (secondary N) is 2. The molecule has 1 saturated carbocycles. The van der Waals surface area contributed by atoms with E-state index in [0.717, 1.165) is 11.6 Å². The van der Waals surface area contributed by atoms with Gasteiger partial charge < -0.3 is 5.32 Å². The SMILES string of the molecule is CC(C)(C)C1CCCCC1Nc1cn[nH]c1. The largest absolute Gasteiger partial charge is 0.379 e. The summed E-state index contributed by atoms with van der Waals surface area (Å²) in [6.07, 6.45) is 9.17. The fourth-order valence-electron chi connectivity index (χ4n) is 2.88. The summed E-state index contributed by atoms with van der Waals surface area (Å²) in [5.41, 5.74) is 1.52. The van der Waals surface area contributed by atoms with Gasteiger partial charge in [0.05, 0.1) is 11.9 Å². The van der Waals surface area contributed by atoms with E-state index in [4.69, 9.17) is 0 Å². The van der Waals surface area contributed by atoms with Crippen LogP contribution < -0.4 is 5.32 Å². The Balaban J connectivity index is 2.05. The van der Waals surface area contributed by atoms with Gasteiger partial charge >= 0.3 is 0 Å². The van der Waals surface area contributed by atoms with Crippen molar-refractivity contribution >= 4 is 5.69 Å². The molecule has 2 unspecified atom stereocenters. The summed E-state index contributed by atoms with van der Waals surface area (Å²) >= 11 is 0. The van der Waals surface area contributed by atoms with E-state index in [1.807, 2.05) is 12.4 Å². The third-order valence-corrected chi connectivity index (χ3v) is 3.73. The van der Waals surface area contributed by atoms with Crippen molar-refractivity contribution in [1.29, 1.82) is 0 Å². The lowest BCUT2D eigenvalue weighted by atomic mass is 9.69. The number of rotatable bonds is 2. The highest BCUT2D eigenvalue weighted by molar-refractivity contribution is 5.39. The lowest BCUT2D eigenvalue weighted by Crippen LogP contribution is -2.39. The summed E-state index contributed by atoms with van der Waals surface area (Å²) in [5, 5.41) is 10.5. The Hall–Kier alpha value is -0.990. The molecule has 0 amide bonds. The number of H-pyrrole nitrogens is 1. The van der Waals surface area contributed by atoms with Crippen LogP contribution in [0.5, 0.6) is 0 Å². The van der Waals surface area contributed by atoms with Gasteiger partial charge in [0.2, 0.25) is 0 Å². The van der Waals surface area contributed by atoms with Gasteiger partial charge in [-0.1, -0.05) is 33.6 Å². The summed E-state index contributed by atoms with van der Waals surface area (Å²) in [6.45, 7) is 7.06. The maximum absolute atomic E-state index is 3.99. The van der Waals surface area contributed by atoms with Crippen LogP contribution in [0.4, 0.5) is 5.69 Å². The molecule has 3 nitrogen and oxygen atoms in total. The predicted octanol–water partition coefficient (Wildman–Crippen LogP) is 3.43. The van der Waals surface area contributed by atoms with Crippen LogP contribution in [0.15, 0.2) is 12.4 Å². The third kappa shape index (κ3) is 2.57. The minimum absolute atomic E-state index is 0.391. The second-order valence-electron chi connectivity index (χ2n) is 5.99. The van der Waals surface area contributed by atoms with Gasteiger partial charge in [0.25, 0.3) is 0 Å². The number of anilines is 1. The van der Waals surface area contributed by atoms with Crippen molar-refractivity contribution < 1.29 is 0 Å². The molecule has 1 aromatic rings. The van der Waals surface area contributed by atoms with E-state index in [1.165, 1.54) is 25.7 Å². The normalized spacial score (nSPS) is 26.7. The maximum Gasteiger partial charge on any atom is 0.0726 e. The molecule has 1 heterocycles.